The van der Waals surface area contributed by atoms with Gasteiger partial charge in [-0.1, -0.05) is 50.7 Å². The number of carbonyl (C=O) groups excluding carboxylic acids is 1. The van der Waals surface area contributed by atoms with Crippen molar-refractivity contribution in [1.29, 1.82) is 5.26 Å². The lowest BCUT2D eigenvalue weighted by molar-refractivity contribution is -0.123. The van der Waals surface area contributed by atoms with Gasteiger partial charge in [-0.2, -0.15) is 5.26 Å². The Balaban J connectivity index is 1.87. The molecular formula is C25H32N4O2S2. The summed E-state index contributed by atoms with van der Waals surface area (Å²) in [7, 11) is 0. The van der Waals surface area contributed by atoms with Gasteiger partial charge < -0.3 is 4.90 Å². The second-order valence-electron chi connectivity index (χ2n) is 9.49. The molecule has 2 saturated heterocycles. The summed E-state index contributed by atoms with van der Waals surface area (Å²) in [6, 6.07) is 2.32. The number of carbonyl (C=O) groups is 1. The summed E-state index contributed by atoms with van der Waals surface area (Å²) in [6.45, 7) is 8.36. The van der Waals surface area contributed by atoms with Gasteiger partial charge in [0.15, 0.2) is 0 Å². The molecule has 0 radical (unpaired) electrons. The molecule has 3 aliphatic rings. The number of hydrogen-bond donors (Lipinski definition) is 0. The van der Waals surface area contributed by atoms with Gasteiger partial charge in [0, 0.05) is 31.2 Å². The largest absolute Gasteiger partial charge is 0.357 e. The molecule has 3 fully saturated rings. The molecule has 4 rings (SSSR count). The van der Waals surface area contributed by atoms with Crippen LogP contribution < -0.4 is 10.5 Å². The van der Waals surface area contributed by atoms with E-state index in [1.54, 1.807) is 9.47 Å². The standard InChI is InChI=1S/C25H32N4O2S2/c1-4-11-28-22(27-12-7-8-16(2)15-27)19(17(3)20(14-26)23(28)30)13-21-24(31)29(25(32)33-21)18-9-5-6-10-18/h13,16,18H,4-12,15H2,1-3H3. The molecule has 3 heterocycles. The number of amides is 1. The van der Waals surface area contributed by atoms with Crippen molar-refractivity contribution in [2.45, 2.75) is 78.3 Å². The smallest absolute Gasteiger partial charge is 0.270 e. The molecule has 1 aromatic rings. The van der Waals surface area contributed by atoms with Crippen LogP contribution in [0.15, 0.2) is 9.70 Å². The highest BCUT2D eigenvalue weighted by molar-refractivity contribution is 8.26. The molecular weight excluding hydrogens is 452 g/mol. The molecule has 0 aromatic carbocycles. The number of anilines is 1. The molecule has 1 atom stereocenters. The summed E-state index contributed by atoms with van der Waals surface area (Å²) in [5.41, 5.74) is 1.38. The number of piperidine rings is 1. The number of hydrogen-bond acceptors (Lipinski definition) is 6. The Kier molecular flexibility index (Phi) is 7.30. The third kappa shape index (κ3) is 4.50. The summed E-state index contributed by atoms with van der Waals surface area (Å²) in [5, 5.41) is 9.80. The van der Waals surface area contributed by atoms with E-state index in [4.69, 9.17) is 12.2 Å². The molecule has 1 amide bonds. The Morgan fingerprint density at radius 3 is 2.58 bits per heavy atom. The van der Waals surface area contributed by atoms with E-state index in [2.05, 4.69) is 17.9 Å². The lowest BCUT2D eigenvalue weighted by Crippen LogP contribution is -2.40. The fraction of sp³-hybridized carbons (Fsp3) is 0.600. The van der Waals surface area contributed by atoms with Crippen LogP contribution in [0.25, 0.3) is 6.08 Å². The summed E-state index contributed by atoms with van der Waals surface area (Å²) < 4.78 is 2.37. The van der Waals surface area contributed by atoms with Crippen molar-refractivity contribution in [2.75, 3.05) is 18.0 Å². The molecule has 2 aliphatic heterocycles. The monoisotopic (exact) mass is 484 g/mol. The van der Waals surface area contributed by atoms with Crippen molar-refractivity contribution in [2.24, 2.45) is 5.92 Å². The van der Waals surface area contributed by atoms with E-state index in [9.17, 15) is 14.9 Å². The highest BCUT2D eigenvalue weighted by Gasteiger charge is 2.38. The van der Waals surface area contributed by atoms with E-state index in [-0.39, 0.29) is 23.1 Å². The molecule has 0 bridgehead atoms. The number of thioether (sulfide) groups is 1. The van der Waals surface area contributed by atoms with Gasteiger partial charge >= 0.3 is 0 Å². The van der Waals surface area contributed by atoms with Gasteiger partial charge in [-0.25, -0.2) is 0 Å². The topological polar surface area (TPSA) is 69.3 Å². The third-order valence-corrected chi connectivity index (χ3v) is 8.37. The zero-order valence-electron chi connectivity index (χ0n) is 19.7. The molecule has 176 valence electrons. The highest BCUT2D eigenvalue weighted by atomic mass is 32.2. The fourth-order valence-electron chi connectivity index (χ4n) is 5.39. The summed E-state index contributed by atoms with van der Waals surface area (Å²) in [5.74, 6) is 1.32. The Bertz CT molecular complexity index is 1100. The molecule has 6 nitrogen and oxygen atoms in total. The summed E-state index contributed by atoms with van der Waals surface area (Å²) in [4.78, 5) is 31.3. The number of thiocarbonyl (C=S) groups is 1. The Morgan fingerprint density at radius 2 is 1.94 bits per heavy atom. The van der Waals surface area contributed by atoms with Crippen molar-refractivity contribution in [3.05, 3.63) is 31.9 Å². The fourth-order valence-corrected chi connectivity index (χ4v) is 6.77. The SMILES string of the molecule is CCCn1c(N2CCCC(C)C2)c(C=C2SC(=S)N(C3CCCC3)C2=O)c(C)c(C#N)c1=O. The van der Waals surface area contributed by atoms with Gasteiger partial charge in [0.25, 0.3) is 11.5 Å². The van der Waals surface area contributed by atoms with Crippen LogP contribution in [0.5, 0.6) is 0 Å². The second-order valence-corrected chi connectivity index (χ2v) is 11.2. The maximum atomic E-state index is 13.4. The minimum Gasteiger partial charge on any atom is -0.357 e. The Morgan fingerprint density at radius 1 is 1.21 bits per heavy atom. The van der Waals surface area contributed by atoms with Crippen LogP contribution in [-0.4, -0.2) is 38.8 Å². The van der Waals surface area contributed by atoms with Crippen LogP contribution in [-0.2, 0) is 11.3 Å². The van der Waals surface area contributed by atoms with E-state index in [1.165, 1.54) is 18.2 Å². The van der Waals surface area contributed by atoms with Gasteiger partial charge in [-0.05, 0) is 56.6 Å². The first-order chi connectivity index (χ1) is 15.9. The van der Waals surface area contributed by atoms with Gasteiger partial charge in [0.2, 0.25) is 0 Å². The van der Waals surface area contributed by atoms with Gasteiger partial charge in [-0.15, -0.1) is 0 Å². The average molecular weight is 485 g/mol. The molecule has 1 aliphatic carbocycles. The van der Waals surface area contributed by atoms with Crippen LogP contribution in [0, 0.1) is 24.2 Å². The highest BCUT2D eigenvalue weighted by Crippen LogP contribution is 2.40. The van der Waals surface area contributed by atoms with Crippen LogP contribution in [0.1, 0.15) is 75.5 Å². The maximum absolute atomic E-state index is 13.4. The van der Waals surface area contributed by atoms with Crippen molar-refractivity contribution >= 4 is 46.1 Å². The summed E-state index contributed by atoms with van der Waals surface area (Å²) in [6.07, 6.45) is 9.15. The van der Waals surface area contributed by atoms with Crippen molar-refractivity contribution in [3.8, 4) is 6.07 Å². The van der Waals surface area contributed by atoms with Crippen LogP contribution in [0.2, 0.25) is 0 Å². The van der Waals surface area contributed by atoms with Crippen LogP contribution in [0.4, 0.5) is 5.82 Å². The number of rotatable bonds is 5. The number of nitrogens with zero attached hydrogens (tertiary/aromatic N) is 4. The van der Waals surface area contributed by atoms with Crippen LogP contribution >= 0.6 is 24.0 Å². The molecule has 1 aromatic heterocycles. The number of pyridine rings is 1. The van der Waals surface area contributed by atoms with Gasteiger partial charge in [0.1, 0.15) is 21.8 Å². The van der Waals surface area contributed by atoms with E-state index in [1.807, 2.05) is 19.9 Å². The molecule has 0 spiro atoms. The number of nitriles is 1. The summed E-state index contributed by atoms with van der Waals surface area (Å²) >= 11 is 6.94. The average Bonchev–Trinajstić information content (AvgIpc) is 3.40. The van der Waals surface area contributed by atoms with E-state index >= 15 is 0 Å². The Labute approximate surface area is 205 Å². The van der Waals surface area contributed by atoms with Crippen molar-refractivity contribution in [1.82, 2.24) is 9.47 Å². The normalized spacial score (nSPS) is 23.1. The maximum Gasteiger partial charge on any atom is 0.270 e. The molecule has 33 heavy (non-hydrogen) atoms. The van der Waals surface area contributed by atoms with Gasteiger partial charge in [0.05, 0.1) is 4.91 Å². The molecule has 8 heteroatoms. The first kappa shape index (κ1) is 24.0. The molecule has 0 N–H and O–H groups in total. The van der Waals surface area contributed by atoms with Crippen molar-refractivity contribution < 1.29 is 4.79 Å². The second kappa shape index (κ2) is 10.0. The van der Waals surface area contributed by atoms with Crippen LogP contribution in [0.3, 0.4) is 0 Å². The third-order valence-electron chi connectivity index (χ3n) is 7.04. The zero-order valence-corrected chi connectivity index (χ0v) is 21.4. The van der Waals surface area contributed by atoms with Crippen molar-refractivity contribution in [3.63, 3.8) is 0 Å². The van der Waals surface area contributed by atoms with E-state index in [0.717, 1.165) is 63.0 Å². The minimum absolute atomic E-state index is 0.0407. The quantitative estimate of drug-likeness (QED) is 0.441. The van der Waals surface area contributed by atoms with E-state index in [0.29, 0.717) is 27.3 Å². The molecule has 1 saturated carbocycles. The van der Waals surface area contributed by atoms with Gasteiger partial charge in [-0.3, -0.25) is 19.1 Å². The predicted molar refractivity (Wildman–Crippen MR) is 138 cm³/mol. The molecule has 1 unspecified atom stereocenters. The first-order valence-corrected chi connectivity index (χ1v) is 13.3. The first-order valence-electron chi connectivity index (χ1n) is 12.1. The Hall–Kier alpha value is -2.11. The lowest BCUT2D eigenvalue weighted by atomic mass is 9.98. The van der Waals surface area contributed by atoms with E-state index < -0.39 is 0 Å². The minimum atomic E-state index is -0.235. The predicted octanol–water partition coefficient (Wildman–Crippen LogP) is 4.82. The zero-order chi connectivity index (χ0) is 23.7. The lowest BCUT2D eigenvalue weighted by Gasteiger charge is -2.36. The number of aromatic nitrogens is 1.